The average Bonchev–Trinajstić information content (AvgIpc) is 2.75. The number of nitrogens with two attached hydrogens (primary N) is 1. The summed E-state index contributed by atoms with van der Waals surface area (Å²) in [5, 5.41) is 2.61. The number of carbonyl (C=O) groups is 2. The molecule has 3 N–H and O–H groups in total. The van der Waals surface area contributed by atoms with Crippen LogP contribution in [-0.2, 0) is 4.79 Å². The molecule has 2 amide bonds. The maximum Gasteiger partial charge on any atom is 0.254 e. The number of para-hydroxylation sites is 2. The summed E-state index contributed by atoms with van der Waals surface area (Å²) in [5.41, 5.74) is 5.40. The van der Waals surface area contributed by atoms with Crippen molar-refractivity contribution in [2.24, 2.45) is 5.73 Å². The highest BCUT2D eigenvalue weighted by atomic mass is 16.5. The molecule has 1 aromatic carbocycles. The normalized spacial score (nSPS) is 16.0. The molecule has 3 rings (SSSR count). The number of primary amides is 1. The molecule has 1 atom stereocenters. The molecule has 2 aromatic rings. The molecule has 0 saturated carbocycles. The van der Waals surface area contributed by atoms with Crippen LogP contribution in [0.1, 0.15) is 36.5 Å². The number of hydrogen-bond donors (Lipinski definition) is 2. The molecule has 9 heteroatoms. The third-order valence-electron chi connectivity index (χ3n) is 4.66. The lowest BCUT2D eigenvalue weighted by atomic mass is 10.1. The van der Waals surface area contributed by atoms with Crippen molar-refractivity contribution < 1.29 is 19.1 Å². The Hall–Kier alpha value is -3.36. The van der Waals surface area contributed by atoms with E-state index in [1.165, 1.54) is 12.4 Å². The van der Waals surface area contributed by atoms with Crippen LogP contribution in [0.4, 0.5) is 5.95 Å². The Morgan fingerprint density at radius 1 is 1.23 bits per heavy atom. The minimum atomic E-state index is -0.465. The van der Waals surface area contributed by atoms with Gasteiger partial charge in [0.2, 0.25) is 11.9 Å². The molecule has 0 radical (unpaired) electrons. The van der Waals surface area contributed by atoms with Crippen molar-refractivity contribution in [3.05, 3.63) is 42.2 Å². The van der Waals surface area contributed by atoms with E-state index in [0.717, 1.165) is 30.9 Å². The topological polar surface area (TPSA) is 120 Å². The molecule has 1 saturated heterocycles. The highest BCUT2D eigenvalue weighted by molar-refractivity contribution is 5.93. The zero-order valence-electron chi connectivity index (χ0n) is 17.0. The van der Waals surface area contributed by atoms with E-state index < -0.39 is 5.91 Å². The van der Waals surface area contributed by atoms with E-state index >= 15 is 0 Å². The number of rotatable bonds is 9. The number of anilines is 1. The van der Waals surface area contributed by atoms with Gasteiger partial charge in [-0.05, 0) is 31.9 Å². The van der Waals surface area contributed by atoms with Gasteiger partial charge in [-0.2, -0.15) is 0 Å². The number of benzene rings is 1. The van der Waals surface area contributed by atoms with E-state index in [1.54, 1.807) is 0 Å². The minimum Gasteiger partial charge on any atom is -0.490 e. The van der Waals surface area contributed by atoms with Gasteiger partial charge < -0.3 is 25.4 Å². The zero-order valence-corrected chi connectivity index (χ0v) is 17.0. The molecule has 1 aliphatic rings. The molecule has 160 valence electrons. The molecule has 1 aliphatic heterocycles. The summed E-state index contributed by atoms with van der Waals surface area (Å²) in [7, 11) is 0. The number of aromatic nitrogens is 2. The number of carbonyl (C=O) groups excluding carboxylic acids is 2. The predicted molar refractivity (Wildman–Crippen MR) is 112 cm³/mol. The molecule has 1 aromatic heterocycles. The lowest BCUT2D eigenvalue weighted by Crippen LogP contribution is -2.42. The highest BCUT2D eigenvalue weighted by Crippen LogP contribution is 2.29. The molecular weight excluding hydrogens is 386 g/mol. The first-order chi connectivity index (χ1) is 14.6. The number of nitrogens with one attached hydrogen (secondary N) is 1. The van der Waals surface area contributed by atoms with Crippen LogP contribution < -0.4 is 25.4 Å². The van der Waals surface area contributed by atoms with Crippen molar-refractivity contribution in [3.8, 4) is 11.5 Å². The third-order valence-corrected chi connectivity index (χ3v) is 4.66. The first-order valence-electron chi connectivity index (χ1n) is 10.1. The van der Waals surface area contributed by atoms with Crippen molar-refractivity contribution >= 4 is 17.8 Å². The monoisotopic (exact) mass is 413 g/mol. The van der Waals surface area contributed by atoms with Crippen LogP contribution in [-0.4, -0.2) is 54.1 Å². The Balaban J connectivity index is 1.59. The van der Waals surface area contributed by atoms with E-state index in [0.29, 0.717) is 24.7 Å². The largest absolute Gasteiger partial charge is 0.490 e. The first kappa shape index (κ1) is 21.4. The van der Waals surface area contributed by atoms with Crippen molar-refractivity contribution in [1.29, 1.82) is 0 Å². The van der Waals surface area contributed by atoms with E-state index in [9.17, 15) is 9.59 Å². The number of amides is 2. The van der Waals surface area contributed by atoms with Gasteiger partial charge in [0.05, 0.1) is 18.7 Å². The molecule has 2 heterocycles. The van der Waals surface area contributed by atoms with Gasteiger partial charge in [0.25, 0.3) is 5.91 Å². The van der Waals surface area contributed by atoms with Crippen LogP contribution in [0, 0.1) is 0 Å². The highest BCUT2D eigenvalue weighted by Gasteiger charge is 2.24. The summed E-state index contributed by atoms with van der Waals surface area (Å²) < 4.78 is 11.8. The van der Waals surface area contributed by atoms with Crippen LogP contribution in [0.25, 0.3) is 0 Å². The van der Waals surface area contributed by atoms with Gasteiger partial charge in [0.15, 0.2) is 11.5 Å². The van der Waals surface area contributed by atoms with Gasteiger partial charge in [0, 0.05) is 31.9 Å². The second kappa shape index (κ2) is 10.4. The van der Waals surface area contributed by atoms with Gasteiger partial charge in [-0.25, -0.2) is 9.97 Å². The molecule has 30 heavy (non-hydrogen) atoms. The fraction of sp³-hybridized carbons (Fsp3) is 0.429. The molecule has 0 spiro atoms. The summed E-state index contributed by atoms with van der Waals surface area (Å²) in [5.74, 6) is 1.22. The summed E-state index contributed by atoms with van der Waals surface area (Å²) in [6, 6.07) is 7.65. The molecule has 9 nitrogen and oxygen atoms in total. The Labute approximate surface area is 175 Å². The average molecular weight is 413 g/mol. The van der Waals surface area contributed by atoms with Crippen molar-refractivity contribution in [1.82, 2.24) is 15.3 Å². The Morgan fingerprint density at radius 2 is 1.97 bits per heavy atom. The number of hydrogen-bond acceptors (Lipinski definition) is 7. The molecule has 0 bridgehead atoms. The first-order valence-corrected chi connectivity index (χ1v) is 10.1. The Morgan fingerprint density at radius 3 is 2.67 bits per heavy atom. The van der Waals surface area contributed by atoms with Gasteiger partial charge in [-0.1, -0.05) is 12.1 Å². The van der Waals surface area contributed by atoms with Gasteiger partial charge in [-0.15, -0.1) is 0 Å². The van der Waals surface area contributed by atoms with Gasteiger partial charge in [0.1, 0.15) is 6.10 Å². The minimum absolute atomic E-state index is 0.0132. The van der Waals surface area contributed by atoms with Crippen LogP contribution in [0.2, 0.25) is 0 Å². The van der Waals surface area contributed by atoms with Crippen LogP contribution >= 0.6 is 0 Å². The lowest BCUT2D eigenvalue weighted by molar-refractivity contribution is -0.117. The fourth-order valence-electron chi connectivity index (χ4n) is 3.22. The maximum absolute atomic E-state index is 12.1. The molecular formula is C21H27N5O4. The predicted octanol–water partition coefficient (Wildman–Crippen LogP) is 1.53. The number of ether oxygens (including phenoxy) is 2. The van der Waals surface area contributed by atoms with E-state index in [-0.39, 0.29) is 25.0 Å². The number of nitrogens with zero attached hydrogens (tertiary/aromatic N) is 3. The Bertz CT molecular complexity index is 859. The fourth-order valence-corrected chi connectivity index (χ4v) is 3.22. The van der Waals surface area contributed by atoms with E-state index in [2.05, 4.69) is 15.3 Å². The van der Waals surface area contributed by atoms with Crippen LogP contribution in [0.5, 0.6) is 11.5 Å². The van der Waals surface area contributed by atoms with Gasteiger partial charge in [-0.3, -0.25) is 9.59 Å². The lowest BCUT2D eigenvalue weighted by Gasteiger charge is -2.33. The van der Waals surface area contributed by atoms with Crippen molar-refractivity contribution in [2.75, 3.05) is 31.1 Å². The summed E-state index contributed by atoms with van der Waals surface area (Å²) in [6.45, 7) is 4.16. The number of piperidine rings is 1. The summed E-state index contributed by atoms with van der Waals surface area (Å²) in [4.78, 5) is 33.5. The van der Waals surface area contributed by atoms with Crippen molar-refractivity contribution in [3.63, 3.8) is 0 Å². The van der Waals surface area contributed by atoms with E-state index in [1.807, 2.05) is 36.1 Å². The van der Waals surface area contributed by atoms with Crippen LogP contribution in [0.15, 0.2) is 36.7 Å². The molecule has 0 aliphatic carbocycles. The van der Waals surface area contributed by atoms with Gasteiger partial charge >= 0.3 is 0 Å². The van der Waals surface area contributed by atoms with E-state index in [4.69, 9.17) is 15.2 Å². The second-order valence-corrected chi connectivity index (χ2v) is 6.95. The summed E-state index contributed by atoms with van der Waals surface area (Å²) in [6.07, 6.45) is 4.91. The smallest absolute Gasteiger partial charge is 0.254 e. The zero-order chi connectivity index (χ0) is 21.3. The maximum atomic E-state index is 12.1. The van der Waals surface area contributed by atoms with Crippen LogP contribution in [0.3, 0.4) is 0 Å². The standard InChI is InChI=1S/C21H27N5O4/c1-2-29-17-7-3-4-8-18(17)30-16-6-5-11-26(14-16)21-24-12-15(13-25-21)20(28)23-10-9-19(22)27/h3-4,7-8,12-13,16H,2,5-6,9-11,14H2,1H3,(H2,22,27)(H,23,28). The molecule has 1 fully saturated rings. The Kier molecular flexibility index (Phi) is 7.42. The van der Waals surface area contributed by atoms with Crippen molar-refractivity contribution in [2.45, 2.75) is 32.3 Å². The quantitative estimate of drug-likeness (QED) is 0.640. The SMILES string of the molecule is CCOc1ccccc1OC1CCCN(c2ncc(C(=O)NCCC(N)=O)cn2)C1. The summed E-state index contributed by atoms with van der Waals surface area (Å²) >= 11 is 0. The molecule has 1 unspecified atom stereocenters. The second-order valence-electron chi connectivity index (χ2n) is 6.95. The third kappa shape index (κ3) is 5.82.